The second kappa shape index (κ2) is 4.74. The normalized spacial score (nSPS) is 23.3. The van der Waals surface area contributed by atoms with Crippen LogP contribution in [-0.4, -0.2) is 23.5 Å². The van der Waals surface area contributed by atoms with Crippen LogP contribution in [0.1, 0.15) is 12.8 Å². The molecule has 56 valence electrons. The Kier molecular flexibility index (Phi) is 4.72. The molecule has 11 heavy (non-hydrogen) atoms. The molecular weight excluding hydrogens is 157 g/mol. The maximum atomic E-state index is 10.7. The molecule has 5 heteroatoms. The minimum atomic E-state index is -1.05. The van der Waals surface area contributed by atoms with Gasteiger partial charge in [-0.25, -0.2) is 0 Å². The fraction of sp³-hybridized carbons (Fsp3) is 0.667. The number of hydrogen-bond acceptors (Lipinski definition) is 3. The van der Waals surface area contributed by atoms with Gasteiger partial charge in [-0.3, -0.25) is 4.79 Å². The minimum absolute atomic E-state index is 0. The van der Waals surface area contributed by atoms with E-state index < -0.39 is 17.8 Å². The number of hydrogen-bond donors (Lipinski definition) is 1. The molecule has 4 nitrogen and oxygen atoms in total. The first-order valence-corrected chi connectivity index (χ1v) is 3.16. The Labute approximate surface area is 86.6 Å². The van der Waals surface area contributed by atoms with Crippen LogP contribution in [0.5, 0.6) is 0 Å². The van der Waals surface area contributed by atoms with Crippen LogP contribution in [0.2, 0.25) is 0 Å². The van der Waals surface area contributed by atoms with Crippen LogP contribution in [0.3, 0.4) is 0 Å². The molecular formula is C6H8NNaO3. The van der Waals surface area contributed by atoms with Crippen LogP contribution in [-0.2, 0) is 4.79 Å². The molecule has 1 unspecified atom stereocenters. The van der Waals surface area contributed by atoms with Crippen molar-refractivity contribution in [2.45, 2.75) is 12.8 Å². The van der Waals surface area contributed by atoms with Crippen LogP contribution in [0.25, 0.3) is 0 Å². The number of rotatable bonds is 1. The molecule has 0 aromatic heterocycles. The summed E-state index contributed by atoms with van der Waals surface area (Å²) in [6.45, 7) is 0.489. The Morgan fingerprint density at radius 2 is 2.36 bits per heavy atom. The van der Waals surface area contributed by atoms with E-state index in [0.29, 0.717) is 19.4 Å². The standard InChI is InChI=1S/C6H9NO3.Na/c8-5-4(6(9)10)2-1-3-7-5;/h4H,1-3H2,(H,7,8)(H,9,10);/q;+1/p-1. The third kappa shape index (κ3) is 2.81. The first-order valence-electron chi connectivity index (χ1n) is 3.16. The predicted molar refractivity (Wildman–Crippen MR) is 32.7 cm³/mol. The van der Waals surface area contributed by atoms with Crippen molar-refractivity contribution in [2.75, 3.05) is 6.54 Å². The molecule has 0 aliphatic carbocycles. The summed E-state index contributed by atoms with van der Waals surface area (Å²) in [5.41, 5.74) is 0. The van der Waals surface area contributed by atoms with Gasteiger partial charge in [0, 0.05) is 6.54 Å². The van der Waals surface area contributed by atoms with Gasteiger partial charge >= 0.3 is 35.5 Å². The molecule has 0 fully saturated rings. The van der Waals surface area contributed by atoms with Gasteiger partial charge in [-0.15, -0.1) is 0 Å². The van der Waals surface area contributed by atoms with E-state index in [2.05, 4.69) is 4.99 Å². The Balaban J connectivity index is 0.000001000. The zero-order valence-electron chi connectivity index (χ0n) is 6.41. The molecule has 0 radical (unpaired) electrons. The molecule has 1 N–H and O–H groups in total. The van der Waals surface area contributed by atoms with Crippen LogP contribution in [0, 0.1) is 5.92 Å². The van der Waals surface area contributed by atoms with Gasteiger partial charge in [0.25, 0.3) is 0 Å². The quantitative estimate of drug-likeness (QED) is 0.405. The predicted octanol–water partition coefficient (Wildman–Crippen LogP) is -3.76. The second-order valence-corrected chi connectivity index (χ2v) is 2.25. The van der Waals surface area contributed by atoms with E-state index >= 15 is 0 Å². The Bertz CT molecular complexity index is 181. The largest absolute Gasteiger partial charge is 1.00 e. The van der Waals surface area contributed by atoms with Gasteiger partial charge in [-0.05, 0) is 18.7 Å². The molecule has 1 aliphatic heterocycles. The van der Waals surface area contributed by atoms with Gasteiger partial charge in [0.1, 0.15) is 0 Å². The average molecular weight is 165 g/mol. The van der Waals surface area contributed by atoms with Crippen LogP contribution >= 0.6 is 0 Å². The van der Waals surface area contributed by atoms with E-state index in [-0.39, 0.29) is 29.6 Å². The van der Waals surface area contributed by atoms with E-state index in [1.54, 1.807) is 0 Å². The number of nitrogens with zero attached hydrogens (tertiary/aromatic N) is 1. The molecule has 1 atom stereocenters. The van der Waals surface area contributed by atoms with Crippen molar-refractivity contribution in [3.8, 4) is 0 Å². The van der Waals surface area contributed by atoms with Gasteiger partial charge in [-0.1, -0.05) is 0 Å². The van der Waals surface area contributed by atoms with Crippen LogP contribution in [0.4, 0.5) is 0 Å². The number of aliphatic imine (C=N–C) groups is 1. The zero-order valence-corrected chi connectivity index (χ0v) is 8.41. The summed E-state index contributed by atoms with van der Waals surface area (Å²) in [6.07, 6.45) is 1.15. The van der Waals surface area contributed by atoms with Gasteiger partial charge in [0.15, 0.2) is 0 Å². The topological polar surface area (TPSA) is 72.7 Å². The average Bonchev–Trinajstić information content (AvgIpc) is 1.88. The molecule has 0 aromatic rings. The summed E-state index contributed by atoms with van der Waals surface area (Å²) in [4.78, 5) is 13.8. The third-order valence-electron chi connectivity index (χ3n) is 1.51. The number of aliphatic carboxylic acids is 1. The Hall–Kier alpha value is -0.0600. The van der Waals surface area contributed by atoms with Crippen LogP contribution < -0.4 is 34.7 Å². The van der Waals surface area contributed by atoms with Crippen LogP contribution in [0.15, 0.2) is 4.99 Å². The van der Waals surface area contributed by atoms with Crippen molar-refractivity contribution < 1.29 is 44.6 Å². The molecule has 1 heterocycles. The summed E-state index contributed by atoms with van der Waals surface area (Å²) >= 11 is 0. The van der Waals surface area contributed by atoms with Crippen molar-refractivity contribution >= 4 is 11.9 Å². The van der Waals surface area contributed by atoms with Crippen molar-refractivity contribution in [1.29, 1.82) is 0 Å². The monoisotopic (exact) mass is 165 g/mol. The molecule has 1 rings (SSSR count). The Morgan fingerprint density at radius 3 is 2.73 bits per heavy atom. The smallest absolute Gasteiger partial charge is 0.861 e. The Morgan fingerprint density at radius 1 is 1.73 bits per heavy atom. The number of carbonyl (C=O) groups is 1. The van der Waals surface area contributed by atoms with Crippen molar-refractivity contribution in [2.24, 2.45) is 10.9 Å². The second-order valence-electron chi connectivity index (χ2n) is 2.25. The fourth-order valence-corrected chi connectivity index (χ4v) is 0.947. The van der Waals surface area contributed by atoms with E-state index in [1.807, 2.05) is 0 Å². The summed E-state index contributed by atoms with van der Waals surface area (Å²) in [7, 11) is 0. The fourth-order valence-electron chi connectivity index (χ4n) is 0.947. The summed E-state index contributed by atoms with van der Waals surface area (Å²) < 4.78 is 0. The van der Waals surface area contributed by atoms with Gasteiger partial charge in [-0.2, -0.15) is 0 Å². The summed E-state index contributed by atoms with van der Waals surface area (Å²) in [6, 6.07) is 0. The van der Waals surface area contributed by atoms with E-state index in [0.717, 1.165) is 0 Å². The molecule has 0 bridgehead atoms. The third-order valence-corrected chi connectivity index (χ3v) is 1.51. The molecule has 0 amide bonds. The maximum absolute atomic E-state index is 10.7. The van der Waals surface area contributed by atoms with Crippen molar-refractivity contribution in [3.05, 3.63) is 0 Å². The first kappa shape index (κ1) is 10.9. The van der Waals surface area contributed by atoms with Gasteiger partial charge < -0.3 is 15.2 Å². The van der Waals surface area contributed by atoms with Gasteiger partial charge in [0.05, 0.1) is 5.92 Å². The number of carboxylic acid groups (broad SMARTS) is 1. The van der Waals surface area contributed by atoms with E-state index in [9.17, 15) is 9.90 Å². The molecule has 0 aromatic carbocycles. The first-order chi connectivity index (χ1) is 4.72. The van der Waals surface area contributed by atoms with E-state index in [1.165, 1.54) is 0 Å². The summed E-state index contributed by atoms with van der Waals surface area (Å²) in [5, 5.41) is 19.1. The van der Waals surface area contributed by atoms with Gasteiger partial charge in [0.2, 0.25) is 0 Å². The minimum Gasteiger partial charge on any atom is -0.861 e. The van der Waals surface area contributed by atoms with E-state index in [4.69, 9.17) is 5.11 Å². The molecule has 1 aliphatic rings. The molecule has 0 spiro atoms. The zero-order chi connectivity index (χ0) is 7.56. The SMILES string of the molecule is O=C(O)C1CCCN=C1[O-].[Na+]. The number of carboxylic acids is 1. The maximum Gasteiger partial charge on any atom is 1.00 e. The van der Waals surface area contributed by atoms with Crippen molar-refractivity contribution in [1.82, 2.24) is 0 Å². The molecule has 0 saturated carbocycles. The summed E-state index contributed by atoms with van der Waals surface area (Å²) in [5.74, 6) is -2.39. The van der Waals surface area contributed by atoms with Crippen molar-refractivity contribution in [3.63, 3.8) is 0 Å². The molecule has 0 saturated heterocycles.